The number of fused-ring (bicyclic) bond motifs is 1. The Morgan fingerprint density at radius 1 is 1.28 bits per heavy atom. The molecular weight excluding hydrogens is 224 g/mol. The zero-order valence-corrected chi connectivity index (χ0v) is 10.9. The fourth-order valence-corrected chi connectivity index (χ4v) is 2.94. The van der Waals surface area contributed by atoms with E-state index in [9.17, 15) is 0 Å². The highest BCUT2D eigenvalue weighted by molar-refractivity contribution is 5.80. The minimum atomic E-state index is 0.799. The average molecular weight is 244 g/mol. The predicted molar refractivity (Wildman–Crippen MR) is 72.9 cm³/mol. The summed E-state index contributed by atoms with van der Waals surface area (Å²) in [7, 11) is 1.71. The van der Waals surface area contributed by atoms with Crippen molar-refractivity contribution < 1.29 is 4.74 Å². The molecule has 18 heavy (non-hydrogen) atoms. The highest BCUT2D eigenvalue weighted by Crippen LogP contribution is 2.27. The van der Waals surface area contributed by atoms with Crippen LogP contribution in [-0.2, 0) is 6.54 Å². The number of benzene rings is 1. The van der Waals surface area contributed by atoms with Crippen molar-refractivity contribution in [1.29, 1.82) is 0 Å². The van der Waals surface area contributed by atoms with Crippen molar-refractivity contribution in [3.63, 3.8) is 0 Å². The summed E-state index contributed by atoms with van der Waals surface area (Å²) in [6, 6.07) is 6.17. The molecule has 1 aliphatic carbocycles. The summed E-state index contributed by atoms with van der Waals surface area (Å²) in [5, 5.41) is 5.73. The minimum absolute atomic E-state index is 0.799. The Hall–Kier alpha value is -1.51. The van der Waals surface area contributed by atoms with Gasteiger partial charge in [-0.1, -0.05) is 19.3 Å². The molecule has 3 rings (SSSR count). The van der Waals surface area contributed by atoms with Crippen LogP contribution in [0.5, 0.6) is 5.75 Å². The maximum absolute atomic E-state index is 5.30. The van der Waals surface area contributed by atoms with Crippen LogP contribution >= 0.6 is 0 Å². The molecule has 0 saturated heterocycles. The first-order valence-electron chi connectivity index (χ1n) is 6.86. The van der Waals surface area contributed by atoms with Gasteiger partial charge in [-0.05, 0) is 30.9 Å². The summed E-state index contributed by atoms with van der Waals surface area (Å²) in [5.74, 6) is 1.71. The third-order valence-electron chi connectivity index (χ3n) is 4.01. The molecule has 1 aromatic carbocycles. The van der Waals surface area contributed by atoms with Crippen LogP contribution in [0.25, 0.3) is 10.9 Å². The monoisotopic (exact) mass is 244 g/mol. The van der Waals surface area contributed by atoms with Gasteiger partial charge in [0.2, 0.25) is 0 Å². The van der Waals surface area contributed by atoms with Crippen LogP contribution in [0.1, 0.15) is 32.1 Å². The van der Waals surface area contributed by atoms with E-state index in [2.05, 4.69) is 21.9 Å². The van der Waals surface area contributed by atoms with Gasteiger partial charge in [0.1, 0.15) is 5.75 Å². The minimum Gasteiger partial charge on any atom is -0.497 e. The highest BCUT2D eigenvalue weighted by atomic mass is 16.5. The van der Waals surface area contributed by atoms with E-state index >= 15 is 0 Å². The van der Waals surface area contributed by atoms with E-state index < -0.39 is 0 Å². The topological polar surface area (TPSA) is 27.1 Å². The van der Waals surface area contributed by atoms with Crippen molar-refractivity contribution in [2.75, 3.05) is 7.11 Å². The molecule has 0 spiro atoms. The number of hydrogen-bond acceptors (Lipinski definition) is 2. The van der Waals surface area contributed by atoms with E-state index in [0.717, 1.165) is 18.2 Å². The number of hydrogen-bond donors (Lipinski definition) is 0. The van der Waals surface area contributed by atoms with Crippen LogP contribution in [0.3, 0.4) is 0 Å². The van der Waals surface area contributed by atoms with Crippen LogP contribution in [-0.4, -0.2) is 16.9 Å². The summed E-state index contributed by atoms with van der Waals surface area (Å²) in [6.07, 6.45) is 8.83. The lowest BCUT2D eigenvalue weighted by Gasteiger charge is -2.21. The van der Waals surface area contributed by atoms with Crippen molar-refractivity contribution in [3.05, 3.63) is 24.4 Å². The third-order valence-corrected chi connectivity index (χ3v) is 4.01. The van der Waals surface area contributed by atoms with E-state index in [-0.39, 0.29) is 0 Å². The lowest BCUT2D eigenvalue weighted by atomic mass is 9.89. The molecular formula is C15H20N2O. The molecule has 0 bridgehead atoms. The molecule has 96 valence electrons. The van der Waals surface area contributed by atoms with Crippen LogP contribution in [0, 0.1) is 5.92 Å². The predicted octanol–water partition coefficient (Wildman–Crippen LogP) is 3.63. The van der Waals surface area contributed by atoms with E-state index in [1.165, 1.54) is 43.0 Å². The van der Waals surface area contributed by atoms with Gasteiger partial charge in [-0.3, -0.25) is 4.68 Å². The fourth-order valence-electron chi connectivity index (χ4n) is 2.94. The van der Waals surface area contributed by atoms with Crippen molar-refractivity contribution in [3.8, 4) is 5.75 Å². The lowest BCUT2D eigenvalue weighted by Crippen LogP contribution is -2.14. The summed E-state index contributed by atoms with van der Waals surface area (Å²) in [5.41, 5.74) is 1.19. The number of methoxy groups -OCH3 is 1. The van der Waals surface area contributed by atoms with Gasteiger partial charge >= 0.3 is 0 Å². The zero-order chi connectivity index (χ0) is 12.4. The second-order valence-electron chi connectivity index (χ2n) is 5.26. The summed E-state index contributed by atoms with van der Waals surface area (Å²) < 4.78 is 7.44. The summed E-state index contributed by atoms with van der Waals surface area (Å²) in [6.45, 7) is 1.05. The van der Waals surface area contributed by atoms with Gasteiger partial charge in [-0.25, -0.2) is 0 Å². The Labute approximate surface area is 108 Å². The van der Waals surface area contributed by atoms with E-state index in [4.69, 9.17) is 4.74 Å². The van der Waals surface area contributed by atoms with Gasteiger partial charge < -0.3 is 4.74 Å². The Balaban J connectivity index is 1.86. The maximum Gasteiger partial charge on any atom is 0.121 e. The molecule has 0 aliphatic heterocycles. The first-order chi connectivity index (χ1) is 8.86. The fraction of sp³-hybridized carbons (Fsp3) is 0.533. The Kier molecular flexibility index (Phi) is 3.22. The van der Waals surface area contributed by atoms with E-state index in [1.54, 1.807) is 7.11 Å². The molecule has 1 fully saturated rings. The molecule has 0 amide bonds. The lowest BCUT2D eigenvalue weighted by molar-refractivity contribution is 0.312. The first-order valence-corrected chi connectivity index (χ1v) is 6.86. The smallest absolute Gasteiger partial charge is 0.121 e. The SMILES string of the molecule is COc1ccc2cnn(CC3CCCCC3)c2c1. The maximum atomic E-state index is 5.30. The molecule has 3 heteroatoms. The number of rotatable bonds is 3. The molecule has 0 N–H and O–H groups in total. The van der Waals surface area contributed by atoms with Crippen LogP contribution in [0.4, 0.5) is 0 Å². The first kappa shape index (κ1) is 11.6. The molecule has 1 saturated carbocycles. The largest absolute Gasteiger partial charge is 0.497 e. The Bertz CT molecular complexity index is 526. The number of aromatic nitrogens is 2. The second-order valence-corrected chi connectivity index (χ2v) is 5.26. The van der Waals surface area contributed by atoms with Crippen molar-refractivity contribution >= 4 is 10.9 Å². The van der Waals surface area contributed by atoms with Crippen LogP contribution in [0.2, 0.25) is 0 Å². The molecule has 1 heterocycles. The Morgan fingerprint density at radius 2 is 2.11 bits per heavy atom. The van der Waals surface area contributed by atoms with Crippen molar-refractivity contribution in [1.82, 2.24) is 9.78 Å². The molecule has 2 aromatic rings. The summed E-state index contributed by atoms with van der Waals surface area (Å²) in [4.78, 5) is 0. The van der Waals surface area contributed by atoms with Crippen molar-refractivity contribution in [2.24, 2.45) is 5.92 Å². The molecule has 1 aliphatic rings. The van der Waals surface area contributed by atoms with Gasteiger partial charge in [-0.15, -0.1) is 0 Å². The van der Waals surface area contributed by atoms with Gasteiger partial charge in [0.15, 0.2) is 0 Å². The molecule has 0 unspecified atom stereocenters. The quantitative estimate of drug-likeness (QED) is 0.824. The zero-order valence-electron chi connectivity index (χ0n) is 10.9. The molecule has 3 nitrogen and oxygen atoms in total. The van der Waals surface area contributed by atoms with E-state index in [0.29, 0.717) is 0 Å². The molecule has 0 radical (unpaired) electrons. The highest BCUT2D eigenvalue weighted by Gasteiger charge is 2.15. The van der Waals surface area contributed by atoms with Gasteiger partial charge in [0.25, 0.3) is 0 Å². The number of nitrogens with zero attached hydrogens (tertiary/aromatic N) is 2. The molecule has 0 atom stereocenters. The van der Waals surface area contributed by atoms with Crippen LogP contribution in [0.15, 0.2) is 24.4 Å². The standard InChI is InChI=1S/C15H20N2O/c1-18-14-8-7-13-10-16-17(15(13)9-14)11-12-5-3-2-4-6-12/h7-10,12H,2-6,11H2,1H3. The average Bonchev–Trinajstić information content (AvgIpc) is 2.82. The van der Waals surface area contributed by atoms with Crippen molar-refractivity contribution in [2.45, 2.75) is 38.6 Å². The summed E-state index contributed by atoms with van der Waals surface area (Å²) >= 11 is 0. The normalized spacial score (nSPS) is 17.2. The van der Waals surface area contributed by atoms with Gasteiger partial charge in [-0.2, -0.15) is 5.10 Å². The van der Waals surface area contributed by atoms with Gasteiger partial charge in [0.05, 0.1) is 18.8 Å². The second kappa shape index (κ2) is 5.01. The number of ether oxygens (including phenoxy) is 1. The van der Waals surface area contributed by atoms with E-state index in [1.807, 2.05) is 12.3 Å². The van der Waals surface area contributed by atoms with Crippen LogP contribution < -0.4 is 4.74 Å². The van der Waals surface area contributed by atoms with Gasteiger partial charge in [0, 0.05) is 18.0 Å². The third kappa shape index (κ3) is 2.22. The Morgan fingerprint density at radius 3 is 2.89 bits per heavy atom. The molecule has 1 aromatic heterocycles.